The standard InChI is InChI=1S/C11H18O4/c1-8(12)7-11(2,3)6-5-9(13)10(14)15-4/h5-7H2,1-4H3. The first kappa shape index (κ1) is 13.8. The number of hydrogen-bond donors (Lipinski definition) is 0. The predicted octanol–water partition coefficient (Wildman–Crippen LogP) is 1.51. The summed E-state index contributed by atoms with van der Waals surface area (Å²) >= 11 is 0. The van der Waals surface area contributed by atoms with Crippen LogP contribution in [0.3, 0.4) is 0 Å². The minimum Gasteiger partial charge on any atom is -0.463 e. The Kier molecular flexibility index (Phi) is 5.19. The minimum atomic E-state index is -0.811. The molecule has 0 aliphatic rings. The third-order valence-electron chi connectivity index (χ3n) is 2.17. The topological polar surface area (TPSA) is 60.4 Å². The van der Waals surface area contributed by atoms with Gasteiger partial charge in [-0.25, -0.2) is 4.79 Å². The highest BCUT2D eigenvalue weighted by Crippen LogP contribution is 2.26. The Labute approximate surface area is 90.0 Å². The van der Waals surface area contributed by atoms with Crippen molar-refractivity contribution in [1.29, 1.82) is 0 Å². The summed E-state index contributed by atoms with van der Waals surface area (Å²) in [6, 6.07) is 0. The summed E-state index contributed by atoms with van der Waals surface area (Å²) in [5, 5.41) is 0. The van der Waals surface area contributed by atoms with E-state index < -0.39 is 11.8 Å². The highest BCUT2D eigenvalue weighted by Gasteiger charge is 2.23. The van der Waals surface area contributed by atoms with Crippen LogP contribution in [0.25, 0.3) is 0 Å². The number of hydrogen-bond acceptors (Lipinski definition) is 4. The third kappa shape index (κ3) is 5.99. The van der Waals surface area contributed by atoms with E-state index >= 15 is 0 Å². The summed E-state index contributed by atoms with van der Waals surface area (Å²) in [6.45, 7) is 5.32. The van der Waals surface area contributed by atoms with Crippen molar-refractivity contribution in [1.82, 2.24) is 0 Å². The zero-order valence-electron chi connectivity index (χ0n) is 9.75. The number of esters is 1. The number of ether oxygens (including phenoxy) is 1. The fraction of sp³-hybridized carbons (Fsp3) is 0.727. The first-order valence-electron chi connectivity index (χ1n) is 4.89. The number of carbonyl (C=O) groups excluding carboxylic acids is 3. The van der Waals surface area contributed by atoms with Gasteiger partial charge in [0.1, 0.15) is 5.78 Å². The Balaban J connectivity index is 4.09. The molecule has 0 saturated heterocycles. The molecule has 0 aromatic rings. The molecule has 0 radical (unpaired) electrons. The maximum atomic E-state index is 11.1. The average Bonchev–Trinajstić information content (AvgIpc) is 2.11. The van der Waals surface area contributed by atoms with E-state index in [4.69, 9.17) is 0 Å². The maximum absolute atomic E-state index is 11.1. The molecular formula is C11H18O4. The van der Waals surface area contributed by atoms with E-state index in [1.807, 2.05) is 13.8 Å². The van der Waals surface area contributed by atoms with Crippen LogP contribution in [0, 0.1) is 5.41 Å². The highest BCUT2D eigenvalue weighted by atomic mass is 16.5. The van der Waals surface area contributed by atoms with Crippen molar-refractivity contribution in [3.05, 3.63) is 0 Å². The number of rotatable bonds is 6. The lowest BCUT2D eigenvalue weighted by molar-refractivity contribution is -0.151. The Morgan fingerprint density at radius 2 is 1.73 bits per heavy atom. The molecule has 0 atom stereocenters. The SMILES string of the molecule is COC(=O)C(=O)CCC(C)(C)CC(C)=O. The second kappa shape index (κ2) is 5.63. The van der Waals surface area contributed by atoms with E-state index in [9.17, 15) is 14.4 Å². The number of carbonyl (C=O) groups is 3. The van der Waals surface area contributed by atoms with E-state index in [1.54, 1.807) is 0 Å². The van der Waals surface area contributed by atoms with Crippen LogP contribution in [-0.2, 0) is 19.1 Å². The smallest absolute Gasteiger partial charge is 0.374 e. The van der Waals surface area contributed by atoms with Crippen molar-refractivity contribution in [2.75, 3.05) is 7.11 Å². The molecule has 0 N–H and O–H groups in total. The molecule has 0 aromatic heterocycles. The van der Waals surface area contributed by atoms with Crippen molar-refractivity contribution in [3.8, 4) is 0 Å². The molecule has 0 rings (SSSR count). The van der Waals surface area contributed by atoms with Gasteiger partial charge in [-0.2, -0.15) is 0 Å². The lowest BCUT2D eigenvalue weighted by atomic mass is 9.82. The van der Waals surface area contributed by atoms with Crippen molar-refractivity contribution in [3.63, 3.8) is 0 Å². The van der Waals surface area contributed by atoms with E-state index in [1.165, 1.54) is 14.0 Å². The van der Waals surface area contributed by atoms with Gasteiger partial charge < -0.3 is 9.53 Å². The van der Waals surface area contributed by atoms with Gasteiger partial charge in [0.15, 0.2) is 0 Å². The van der Waals surface area contributed by atoms with Gasteiger partial charge in [-0.05, 0) is 18.8 Å². The van der Waals surface area contributed by atoms with E-state index in [-0.39, 0.29) is 17.6 Å². The van der Waals surface area contributed by atoms with Crippen LogP contribution in [0.2, 0.25) is 0 Å². The summed E-state index contributed by atoms with van der Waals surface area (Å²) in [6.07, 6.45) is 1.06. The third-order valence-corrected chi connectivity index (χ3v) is 2.17. The highest BCUT2D eigenvalue weighted by molar-refractivity contribution is 6.33. The lowest BCUT2D eigenvalue weighted by Gasteiger charge is -2.22. The molecular weight excluding hydrogens is 196 g/mol. The zero-order valence-corrected chi connectivity index (χ0v) is 9.75. The second-order valence-electron chi connectivity index (χ2n) is 4.46. The Hall–Kier alpha value is -1.19. The molecule has 0 aromatic carbocycles. The van der Waals surface area contributed by atoms with Gasteiger partial charge in [0.2, 0.25) is 5.78 Å². The summed E-state index contributed by atoms with van der Waals surface area (Å²) in [5.41, 5.74) is -0.241. The van der Waals surface area contributed by atoms with Crippen LogP contribution in [0.4, 0.5) is 0 Å². The second-order valence-corrected chi connectivity index (χ2v) is 4.46. The molecule has 0 aliphatic heterocycles. The molecule has 0 spiro atoms. The first-order valence-corrected chi connectivity index (χ1v) is 4.89. The summed E-state index contributed by atoms with van der Waals surface area (Å²) < 4.78 is 4.30. The van der Waals surface area contributed by atoms with Crippen LogP contribution < -0.4 is 0 Å². The molecule has 0 unspecified atom stereocenters. The molecule has 0 saturated carbocycles. The monoisotopic (exact) mass is 214 g/mol. The molecule has 15 heavy (non-hydrogen) atoms. The molecule has 86 valence electrons. The van der Waals surface area contributed by atoms with E-state index in [2.05, 4.69) is 4.74 Å². The fourth-order valence-corrected chi connectivity index (χ4v) is 1.43. The van der Waals surface area contributed by atoms with Gasteiger partial charge in [-0.3, -0.25) is 4.79 Å². The number of methoxy groups -OCH3 is 1. The minimum absolute atomic E-state index is 0.0884. The van der Waals surface area contributed by atoms with Crippen LogP contribution in [-0.4, -0.2) is 24.6 Å². The van der Waals surface area contributed by atoms with Gasteiger partial charge in [-0.1, -0.05) is 13.8 Å². The number of Topliss-reactive ketones (excluding diaryl/α,β-unsaturated/α-hetero) is 2. The lowest BCUT2D eigenvalue weighted by Crippen LogP contribution is -2.21. The Bertz CT molecular complexity index is 266. The quantitative estimate of drug-likeness (QED) is 0.496. The van der Waals surface area contributed by atoms with Crippen molar-refractivity contribution < 1.29 is 19.1 Å². The van der Waals surface area contributed by atoms with Gasteiger partial charge in [-0.15, -0.1) is 0 Å². The molecule has 0 amide bonds. The Morgan fingerprint density at radius 1 is 1.20 bits per heavy atom. The van der Waals surface area contributed by atoms with Crippen molar-refractivity contribution in [2.24, 2.45) is 5.41 Å². The maximum Gasteiger partial charge on any atom is 0.374 e. The van der Waals surface area contributed by atoms with E-state index in [0.29, 0.717) is 12.8 Å². The van der Waals surface area contributed by atoms with Crippen molar-refractivity contribution in [2.45, 2.75) is 40.0 Å². The van der Waals surface area contributed by atoms with E-state index in [0.717, 1.165) is 0 Å². The van der Waals surface area contributed by atoms with Gasteiger partial charge in [0.05, 0.1) is 7.11 Å². The summed E-state index contributed by atoms with van der Waals surface area (Å²) in [5.74, 6) is -1.26. The number of ketones is 2. The average molecular weight is 214 g/mol. The predicted molar refractivity (Wildman–Crippen MR) is 55.3 cm³/mol. The van der Waals surface area contributed by atoms with Gasteiger partial charge >= 0.3 is 5.97 Å². The zero-order chi connectivity index (χ0) is 12.1. The van der Waals surface area contributed by atoms with Crippen LogP contribution in [0.5, 0.6) is 0 Å². The van der Waals surface area contributed by atoms with Crippen LogP contribution in [0.1, 0.15) is 40.0 Å². The molecule has 0 heterocycles. The fourth-order valence-electron chi connectivity index (χ4n) is 1.43. The van der Waals surface area contributed by atoms with Gasteiger partial charge in [0.25, 0.3) is 0 Å². The summed E-state index contributed by atoms with van der Waals surface area (Å²) in [4.78, 5) is 32.9. The van der Waals surface area contributed by atoms with Crippen LogP contribution >= 0.6 is 0 Å². The normalized spacial score (nSPS) is 10.9. The Morgan fingerprint density at radius 3 is 2.13 bits per heavy atom. The largest absolute Gasteiger partial charge is 0.463 e. The molecule has 0 fully saturated rings. The molecule has 0 bridgehead atoms. The molecule has 0 aliphatic carbocycles. The van der Waals surface area contributed by atoms with Crippen LogP contribution in [0.15, 0.2) is 0 Å². The molecule has 4 heteroatoms. The van der Waals surface area contributed by atoms with Gasteiger partial charge in [0, 0.05) is 12.8 Å². The van der Waals surface area contributed by atoms with Crippen molar-refractivity contribution >= 4 is 17.5 Å². The first-order chi connectivity index (χ1) is 6.78. The molecule has 4 nitrogen and oxygen atoms in total. The summed E-state index contributed by atoms with van der Waals surface area (Å²) in [7, 11) is 1.18.